The predicted octanol–water partition coefficient (Wildman–Crippen LogP) is 1.99. The number of nitrogens with one attached hydrogen (secondary N) is 1. The zero-order valence-electron chi connectivity index (χ0n) is 9.31. The summed E-state index contributed by atoms with van der Waals surface area (Å²) in [4.78, 5) is 11.6. The van der Waals surface area contributed by atoms with Crippen molar-refractivity contribution in [1.29, 1.82) is 0 Å². The minimum absolute atomic E-state index is 0.264. The van der Waals surface area contributed by atoms with Gasteiger partial charge in [0.2, 0.25) is 0 Å². The predicted molar refractivity (Wildman–Crippen MR) is 63.8 cm³/mol. The molecule has 0 aliphatic rings. The highest BCUT2D eigenvalue weighted by Gasteiger charge is 2.04. The minimum Gasteiger partial charge on any atom is -0.497 e. The van der Waals surface area contributed by atoms with Crippen LogP contribution in [0.4, 0.5) is 0 Å². The SMILES string of the molecule is CC=CC=NNC(=O)c1cccc(OC)c1. The molecule has 0 spiro atoms. The van der Waals surface area contributed by atoms with Crippen LogP contribution in [0.2, 0.25) is 0 Å². The van der Waals surface area contributed by atoms with Crippen LogP contribution in [0.3, 0.4) is 0 Å². The first-order chi connectivity index (χ1) is 7.77. The van der Waals surface area contributed by atoms with Crippen LogP contribution >= 0.6 is 0 Å². The number of carbonyl (C=O) groups excluding carboxylic acids is 1. The van der Waals surface area contributed by atoms with Crippen LogP contribution in [-0.2, 0) is 0 Å². The Hall–Kier alpha value is -2.10. The van der Waals surface area contributed by atoms with E-state index in [1.54, 1.807) is 37.5 Å². The first-order valence-corrected chi connectivity index (χ1v) is 4.86. The van der Waals surface area contributed by atoms with Gasteiger partial charge in [-0.15, -0.1) is 0 Å². The molecule has 16 heavy (non-hydrogen) atoms. The van der Waals surface area contributed by atoms with E-state index in [0.29, 0.717) is 11.3 Å². The van der Waals surface area contributed by atoms with E-state index >= 15 is 0 Å². The summed E-state index contributed by atoms with van der Waals surface area (Å²) in [5, 5.41) is 3.74. The Morgan fingerprint density at radius 3 is 3.00 bits per heavy atom. The Kier molecular flexibility index (Phi) is 4.79. The molecule has 0 fully saturated rings. The summed E-state index contributed by atoms with van der Waals surface area (Å²) in [5.74, 6) is 0.379. The number of rotatable bonds is 4. The fourth-order valence-electron chi connectivity index (χ4n) is 1.05. The fourth-order valence-corrected chi connectivity index (χ4v) is 1.05. The molecule has 0 radical (unpaired) electrons. The molecule has 0 aromatic heterocycles. The van der Waals surface area contributed by atoms with Crippen molar-refractivity contribution in [3.8, 4) is 5.75 Å². The monoisotopic (exact) mass is 218 g/mol. The van der Waals surface area contributed by atoms with E-state index in [2.05, 4.69) is 10.5 Å². The number of benzene rings is 1. The summed E-state index contributed by atoms with van der Waals surface area (Å²) in [5.41, 5.74) is 2.92. The van der Waals surface area contributed by atoms with Crippen molar-refractivity contribution in [2.24, 2.45) is 5.10 Å². The molecule has 84 valence electrons. The lowest BCUT2D eigenvalue weighted by Gasteiger charge is -2.02. The maximum absolute atomic E-state index is 11.6. The molecule has 0 aliphatic heterocycles. The Morgan fingerprint density at radius 2 is 2.31 bits per heavy atom. The Bertz CT molecular complexity index is 411. The minimum atomic E-state index is -0.264. The number of hydrogen-bond donors (Lipinski definition) is 1. The number of hydrazone groups is 1. The van der Waals surface area contributed by atoms with E-state index in [9.17, 15) is 4.79 Å². The smallest absolute Gasteiger partial charge is 0.271 e. The van der Waals surface area contributed by atoms with E-state index < -0.39 is 0 Å². The van der Waals surface area contributed by atoms with Crippen molar-refractivity contribution in [3.05, 3.63) is 42.0 Å². The van der Waals surface area contributed by atoms with E-state index in [4.69, 9.17) is 4.74 Å². The van der Waals surface area contributed by atoms with Gasteiger partial charge in [-0.2, -0.15) is 5.10 Å². The van der Waals surface area contributed by atoms with Crippen molar-refractivity contribution in [3.63, 3.8) is 0 Å². The summed E-state index contributed by atoms with van der Waals surface area (Å²) in [6.45, 7) is 1.87. The molecule has 0 saturated heterocycles. The molecular formula is C12H14N2O2. The van der Waals surface area contributed by atoms with Gasteiger partial charge in [-0.25, -0.2) is 5.43 Å². The van der Waals surface area contributed by atoms with Crippen LogP contribution in [0.1, 0.15) is 17.3 Å². The molecule has 0 aliphatic carbocycles. The highest BCUT2D eigenvalue weighted by Crippen LogP contribution is 2.12. The van der Waals surface area contributed by atoms with Crippen LogP contribution in [0.15, 0.2) is 41.5 Å². The number of ether oxygens (including phenoxy) is 1. The topological polar surface area (TPSA) is 50.7 Å². The van der Waals surface area contributed by atoms with Crippen LogP contribution in [0, 0.1) is 0 Å². The quantitative estimate of drug-likeness (QED) is 0.620. The first kappa shape index (κ1) is 12.0. The Labute approximate surface area is 94.6 Å². The molecule has 4 nitrogen and oxygen atoms in total. The molecule has 0 saturated carbocycles. The summed E-state index contributed by atoms with van der Waals surface area (Å²) in [6, 6.07) is 6.88. The largest absolute Gasteiger partial charge is 0.497 e. The fraction of sp³-hybridized carbons (Fsp3) is 0.167. The van der Waals surface area contributed by atoms with Crippen LogP contribution in [0.25, 0.3) is 0 Å². The van der Waals surface area contributed by atoms with Gasteiger partial charge in [0.25, 0.3) is 5.91 Å². The Balaban J connectivity index is 2.65. The highest BCUT2D eigenvalue weighted by molar-refractivity contribution is 5.94. The molecule has 1 amide bonds. The van der Waals surface area contributed by atoms with E-state index in [1.165, 1.54) is 6.21 Å². The third-order valence-corrected chi connectivity index (χ3v) is 1.85. The Morgan fingerprint density at radius 1 is 1.50 bits per heavy atom. The molecule has 1 aromatic rings. The van der Waals surface area contributed by atoms with Gasteiger partial charge in [0.1, 0.15) is 5.75 Å². The zero-order valence-corrected chi connectivity index (χ0v) is 9.31. The number of amides is 1. The second-order valence-corrected chi connectivity index (χ2v) is 2.98. The van der Waals surface area contributed by atoms with Crippen molar-refractivity contribution >= 4 is 12.1 Å². The molecule has 0 bridgehead atoms. The van der Waals surface area contributed by atoms with Crippen molar-refractivity contribution in [1.82, 2.24) is 5.43 Å². The van der Waals surface area contributed by atoms with Crippen LogP contribution in [0.5, 0.6) is 5.75 Å². The highest BCUT2D eigenvalue weighted by atomic mass is 16.5. The molecule has 1 N–H and O–H groups in total. The average Bonchev–Trinajstić information content (AvgIpc) is 2.34. The van der Waals surface area contributed by atoms with Crippen LogP contribution < -0.4 is 10.2 Å². The van der Waals surface area contributed by atoms with Crippen molar-refractivity contribution < 1.29 is 9.53 Å². The van der Waals surface area contributed by atoms with Gasteiger partial charge in [-0.3, -0.25) is 4.79 Å². The maximum Gasteiger partial charge on any atom is 0.271 e. The molecule has 0 atom stereocenters. The van der Waals surface area contributed by atoms with Gasteiger partial charge >= 0.3 is 0 Å². The molecule has 4 heteroatoms. The second kappa shape index (κ2) is 6.40. The van der Waals surface area contributed by atoms with Gasteiger partial charge < -0.3 is 4.74 Å². The number of carbonyl (C=O) groups is 1. The van der Waals surface area contributed by atoms with E-state index in [0.717, 1.165) is 0 Å². The van der Waals surface area contributed by atoms with Crippen LogP contribution in [-0.4, -0.2) is 19.2 Å². The number of hydrogen-bond acceptors (Lipinski definition) is 3. The summed E-state index contributed by atoms with van der Waals surface area (Å²) in [6.07, 6.45) is 5.06. The normalized spacial score (nSPS) is 10.9. The summed E-state index contributed by atoms with van der Waals surface area (Å²) >= 11 is 0. The zero-order chi connectivity index (χ0) is 11.8. The molecule has 0 heterocycles. The molecule has 0 unspecified atom stereocenters. The third-order valence-electron chi connectivity index (χ3n) is 1.85. The number of methoxy groups -OCH3 is 1. The van der Waals surface area contributed by atoms with E-state index in [1.807, 2.05) is 13.0 Å². The summed E-state index contributed by atoms with van der Waals surface area (Å²) in [7, 11) is 1.56. The van der Waals surface area contributed by atoms with Gasteiger partial charge in [0.05, 0.1) is 7.11 Å². The van der Waals surface area contributed by atoms with Crippen molar-refractivity contribution in [2.75, 3.05) is 7.11 Å². The second-order valence-electron chi connectivity index (χ2n) is 2.98. The van der Waals surface area contributed by atoms with E-state index in [-0.39, 0.29) is 5.91 Å². The molecular weight excluding hydrogens is 204 g/mol. The average molecular weight is 218 g/mol. The third kappa shape index (κ3) is 3.57. The lowest BCUT2D eigenvalue weighted by molar-refractivity contribution is 0.0955. The summed E-state index contributed by atoms with van der Waals surface area (Å²) < 4.78 is 5.02. The van der Waals surface area contributed by atoms with Gasteiger partial charge in [0, 0.05) is 11.8 Å². The molecule has 1 rings (SSSR count). The van der Waals surface area contributed by atoms with Gasteiger partial charge in [-0.05, 0) is 31.2 Å². The molecule has 1 aromatic carbocycles. The van der Waals surface area contributed by atoms with Crippen molar-refractivity contribution in [2.45, 2.75) is 6.92 Å². The maximum atomic E-state index is 11.6. The number of allylic oxidation sites excluding steroid dienone is 2. The first-order valence-electron chi connectivity index (χ1n) is 4.86. The standard InChI is InChI=1S/C12H14N2O2/c1-3-4-8-13-14-12(15)10-6-5-7-11(9-10)16-2/h3-9H,1-2H3,(H,14,15). The lowest BCUT2D eigenvalue weighted by atomic mass is 10.2. The van der Waals surface area contributed by atoms with Gasteiger partial charge in [0.15, 0.2) is 0 Å². The van der Waals surface area contributed by atoms with Gasteiger partial charge in [-0.1, -0.05) is 12.1 Å². The number of nitrogens with zero attached hydrogens (tertiary/aromatic N) is 1. The lowest BCUT2D eigenvalue weighted by Crippen LogP contribution is -2.17.